The number of hydrogen-bond acceptors (Lipinski definition) is 4. The number of anilines is 6. The van der Waals surface area contributed by atoms with Crippen molar-refractivity contribution in [3.8, 4) is 11.3 Å². The molecule has 0 aliphatic carbocycles. The topological polar surface area (TPSA) is 31.4 Å². The van der Waals surface area contributed by atoms with E-state index in [-0.39, 0.29) is 6.17 Å². The molecule has 1 aliphatic rings. The van der Waals surface area contributed by atoms with Gasteiger partial charge in [-0.1, -0.05) is 121 Å². The number of benzene rings is 8. The summed E-state index contributed by atoms with van der Waals surface area (Å²) in [6.45, 7) is 0. The van der Waals surface area contributed by atoms with Gasteiger partial charge < -0.3 is 15.1 Å². The van der Waals surface area contributed by atoms with E-state index in [2.05, 4.69) is 209 Å². The van der Waals surface area contributed by atoms with Crippen LogP contribution < -0.4 is 15.1 Å². The van der Waals surface area contributed by atoms with E-state index in [0.717, 1.165) is 61.7 Å². The van der Waals surface area contributed by atoms with Crippen LogP contribution in [0, 0.1) is 0 Å². The van der Waals surface area contributed by atoms with Gasteiger partial charge in [-0.2, -0.15) is 0 Å². The zero-order chi connectivity index (χ0) is 34.4. The Bertz CT molecular complexity index is 2660. The highest BCUT2D eigenvalue weighted by Gasteiger charge is 2.33. The first-order valence-corrected chi connectivity index (χ1v) is 17.8. The van der Waals surface area contributed by atoms with Crippen molar-refractivity contribution < 1.29 is 0 Å². The summed E-state index contributed by atoms with van der Waals surface area (Å²) in [5.74, 6) is 0. The second kappa shape index (κ2) is 12.4. The molecule has 1 aromatic heterocycles. The maximum Gasteiger partial charge on any atom is 0.131 e. The van der Waals surface area contributed by atoms with E-state index in [1.807, 2.05) is 0 Å². The number of nitrogens with zero attached hydrogens (tertiary/aromatic N) is 3. The number of aromatic nitrogens is 1. The number of hydrogen-bond donors (Lipinski definition) is 1. The second-order valence-electron chi connectivity index (χ2n) is 13.2. The highest BCUT2D eigenvalue weighted by molar-refractivity contribution is 6.23. The quantitative estimate of drug-likeness (QED) is 0.179. The van der Waals surface area contributed by atoms with Crippen molar-refractivity contribution in [3.05, 3.63) is 200 Å². The zero-order valence-corrected chi connectivity index (χ0v) is 28.4. The molecule has 9 aromatic rings. The Morgan fingerprint density at radius 3 is 1.81 bits per heavy atom. The molecule has 52 heavy (non-hydrogen) atoms. The lowest BCUT2D eigenvalue weighted by Gasteiger charge is -2.29. The van der Waals surface area contributed by atoms with Crippen molar-refractivity contribution in [2.45, 2.75) is 6.17 Å². The highest BCUT2D eigenvalue weighted by Crippen LogP contribution is 2.50. The fourth-order valence-electron chi connectivity index (χ4n) is 7.91. The van der Waals surface area contributed by atoms with Gasteiger partial charge in [0.05, 0.1) is 22.6 Å². The summed E-state index contributed by atoms with van der Waals surface area (Å²) < 4.78 is 0. The fraction of sp³-hybridized carbons (Fsp3) is 0.0208. The van der Waals surface area contributed by atoms with Gasteiger partial charge in [-0.15, -0.1) is 0 Å². The first-order chi connectivity index (χ1) is 25.8. The van der Waals surface area contributed by atoms with E-state index >= 15 is 0 Å². The number of fused-ring (bicyclic) bond motifs is 6. The van der Waals surface area contributed by atoms with Gasteiger partial charge in [0.1, 0.15) is 6.17 Å². The lowest BCUT2D eigenvalue weighted by atomic mass is 9.90. The molecular formula is C48H34N4. The molecule has 0 fully saturated rings. The molecule has 4 heteroatoms. The number of para-hydroxylation sites is 6. The van der Waals surface area contributed by atoms with Crippen molar-refractivity contribution in [2.75, 3.05) is 15.1 Å². The predicted molar refractivity (Wildman–Crippen MR) is 218 cm³/mol. The van der Waals surface area contributed by atoms with Crippen LogP contribution in [0.5, 0.6) is 0 Å². The molecule has 2 heterocycles. The van der Waals surface area contributed by atoms with Gasteiger partial charge in [-0.25, -0.2) is 4.98 Å². The van der Waals surface area contributed by atoms with Crippen LogP contribution in [0.1, 0.15) is 11.7 Å². The molecule has 4 nitrogen and oxygen atoms in total. The zero-order valence-electron chi connectivity index (χ0n) is 28.4. The SMILES string of the molecule is c1ccc(N(c2ccccc2)c2ccc(-c3nc4ccccc4c4c3c(C3Nc5ccccc5N3c3ccccc3)cc3ccccc34)cc2)cc1. The molecule has 1 atom stereocenters. The first kappa shape index (κ1) is 30.0. The summed E-state index contributed by atoms with van der Waals surface area (Å²) in [6.07, 6.45) is -0.167. The van der Waals surface area contributed by atoms with E-state index in [9.17, 15) is 0 Å². The van der Waals surface area contributed by atoms with Crippen molar-refractivity contribution in [1.29, 1.82) is 0 Å². The molecule has 0 radical (unpaired) electrons. The normalized spacial score (nSPS) is 13.7. The monoisotopic (exact) mass is 666 g/mol. The average Bonchev–Trinajstić information content (AvgIpc) is 3.61. The van der Waals surface area contributed by atoms with Crippen LogP contribution in [-0.4, -0.2) is 4.98 Å². The van der Waals surface area contributed by atoms with Crippen LogP contribution in [-0.2, 0) is 0 Å². The van der Waals surface area contributed by atoms with E-state index in [1.54, 1.807) is 0 Å². The van der Waals surface area contributed by atoms with Crippen molar-refractivity contribution in [2.24, 2.45) is 0 Å². The number of pyridine rings is 1. The molecule has 0 spiro atoms. The minimum absolute atomic E-state index is 0.167. The van der Waals surface area contributed by atoms with Crippen LogP contribution in [0.25, 0.3) is 43.7 Å². The minimum Gasteiger partial charge on any atom is -0.359 e. The number of rotatable bonds is 6. The van der Waals surface area contributed by atoms with Gasteiger partial charge in [0.15, 0.2) is 0 Å². The highest BCUT2D eigenvalue weighted by atomic mass is 15.3. The van der Waals surface area contributed by atoms with Crippen LogP contribution >= 0.6 is 0 Å². The fourth-order valence-corrected chi connectivity index (χ4v) is 7.91. The maximum atomic E-state index is 5.49. The van der Waals surface area contributed by atoms with Gasteiger partial charge in [-0.3, -0.25) is 0 Å². The standard InChI is InChI=1S/C48H34N4/c1-4-17-35(18-5-1)51(36-19-6-2-7-20-36)38-30-28-33(29-31-38)47-46-41(48-50-43-26-14-15-27-44(43)52(48)37-21-8-3-9-22-37)32-34-16-10-11-23-39(34)45(46)40-24-12-13-25-42(40)49-47/h1-32,48,50H. The van der Waals surface area contributed by atoms with Crippen molar-refractivity contribution >= 4 is 66.6 Å². The Morgan fingerprint density at radius 2 is 1.08 bits per heavy atom. The summed E-state index contributed by atoms with van der Waals surface area (Å²) in [5, 5.41) is 9.88. The third kappa shape index (κ3) is 4.96. The Kier molecular flexibility index (Phi) is 7.17. The molecule has 246 valence electrons. The van der Waals surface area contributed by atoms with Gasteiger partial charge in [0.2, 0.25) is 0 Å². The lowest BCUT2D eigenvalue weighted by Crippen LogP contribution is -2.24. The summed E-state index contributed by atoms with van der Waals surface area (Å²) in [4.78, 5) is 10.2. The Balaban J connectivity index is 1.23. The smallest absolute Gasteiger partial charge is 0.131 e. The van der Waals surface area contributed by atoms with Crippen LogP contribution in [0.3, 0.4) is 0 Å². The largest absolute Gasteiger partial charge is 0.359 e. The van der Waals surface area contributed by atoms with Crippen LogP contribution in [0.4, 0.5) is 34.1 Å². The van der Waals surface area contributed by atoms with Crippen molar-refractivity contribution in [3.63, 3.8) is 0 Å². The third-order valence-electron chi connectivity index (χ3n) is 10.2. The molecular weight excluding hydrogens is 633 g/mol. The third-order valence-corrected chi connectivity index (χ3v) is 10.2. The Labute approximate surface area is 302 Å². The Morgan fingerprint density at radius 1 is 0.500 bits per heavy atom. The van der Waals surface area contributed by atoms with E-state index in [1.165, 1.54) is 21.7 Å². The molecule has 1 unspecified atom stereocenters. The number of nitrogens with one attached hydrogen (secondary N) is 1. The van der Waals surface area contributed by atoms with Gasteiger partial charge >= 0.3 is 0 Å². The molecule has 0 saturated carbocycles. The predicted octanol–water partition coefficient (Wildman–Crippen LogP) is 12.9. The van der Waals surface area contributed by atoms with Crippen LogP contribution in [0.2, 0.25) is 0 Å². The molecule has 0 saturated heterocycles. The summed E-state index contributed by atoms with van der Waals surface area (Å²) in [7, 11) is 0. The molecule has 8 aromatic carbocycles. The van der Waals surface area contributed by atoms with Crippen molar-refractivity contribution in [1.82, 2.24) is 4.98 Å². The maximum absolute atomic E-state index is 5.49. The van der Waals surface area contributed by atoms with Gasteiger partial charge in [0, 0.05) is 50.0 Å². The molecule has 0 bridgehead atoms. The second-order valence-corrected chi connectivity index (χ2v) is 13.2. The molecule has 1 N–H and O–H groups in total. The molecule has 10 rings (SSSR count). The van der Waals surface area contributed by atoms with E-state index < -0.39 is 0 Å². The average molecular weight is 667 g/mol. The van der Waals surface area contributed by atoms with Gasteiger partial charge in [0.25, 0.3) is 0 Å². The van der Waals surface area contributed by atoms with Crippen LogP contribution in [0.15, 0.2) is 194 Å². The molecule has 1 aliphatic heterocycles. The first-order valence-electron chi connectivity index (χ1n) is 17.8. The minimum atomic E-state index is -0.167. The Hall–Kier alpha value is -6.91. The lowest BCUT2D eigenvalue weighted by molar-refractivity contribution is 0.837. The van der Waals surface area contributed by atoms with E-state index in [0.29, 0.717) is 0 Å². The van der Waals surface area contributed by atoms with Gasteiger partial charge in [-0.05, 0) is 83.6 Å². The molecule has 0 amide bonds. The summed E-state index contributed by atoms with van der Waals surface area (Å²) >= 11 is 0. The van der Waals surface area contributed by atoms with E-state index in [4.69, 9.17) is 4.98 Å². The summed E-state index contributed by atoms with van der Waals surface area (Å²) in [5.41, 5.74) is 10.9. The summed E-state index contributed by atoms with van der Waals surface area (Å²) in [6, 6.07) is 69.0.